The lowest BCUT2D eigenvalue weighted by molar-refractivity contribution is -0.120. The Hall–Kier alpha value is -3.73. The number of carbonyl (C=O) groups is 1. The van der Waals surface area contributed by atoms with Gasteiger partial charge in [0.25, 0.3) is 0 Å². The maximum absolute atomic E-state index is 12.3. The predicted octanol–water partition coefficient (Wildman–Crippen LogP) is 2.71. The average Bonchev–Trinajstić information content (AvgIpc) is 3.30. The molecule has 0 unspecified atom stereocenters. The molecule has 0 aliphatic heterocycles. The summed E-state index contributed by atoms with van der Waals surface area (Å²) in [5.74, 6) is 1.78. The van der Waals surface area contributed by atoms with E-state index in [1.807, 2.05) is 6.07 Å². The zero-order chi connectivity index (χ0) is 19.1. The van der Waals surface area contributed by atoms with Crippen molar-refractivity contribution in [3.05, 3.63) is 53.3 Å². The normalized spacial score (nSPS) is 13.7. The highest BCUT2D eigenvalue weighted by atomic mass is 16.5. The molecule has 0 spiro atoms. The van der Waals surface area contributed by atoms with Crippen LogP contribution in [0.1, 0.15) is 41.6 Å². The van der Waals surface area contributed by atoms with Crippen molar-refractivity contribution < 1.29 is 9.32 Å². The summed E-state index contributed by atoms with van der Waals surface area (Å²) in [6, 6.07) is 9.31. The van der Waals surface area contributed by atoms with Crippen LogP contribution in [0, 0.1) is 11.3 Å². The Morgan fingerprint density at radius 3 is 3.07 bits per heavy atom. The molecule has 1 saturated carbocycles. The van der Waals surface area contributed by atoms with Gasteiger partial charge in [0, 0.05) is 17.4 Å². The number of carbonyl (C=O) groups excluding carboxylic acids is 1. The second-order valence-corrected chi connectivity index (χ2v) is 7.00. The molecule has 1 amide bonds. The van der Waals surface area contributed by atoms with Gasteiger partial charge in [-0.2, -0.15) is 5.26 Å². The lowest BCUT2D eigenvalue weighted by Crippen LogP contribution is -2.25. The summed E-state index contributed by atoms with van der Waals surface area (Å²) in [4.78, 5) is 24.3. The highest BCUT2D eigenvalue weighted by Gasteiger charge is 2.27. The van der Waals surface area contributed by atoms with E-state index in [0.29, 0.717) is 29.4 Å². The predicted molar refractivity (Wildman–Crippen MR) is 100 cm³/mol. The fraction of sp³-hybridized carbons (Fsp3) is 0.250. The molecule has 0 radical (unpaired) electrons. The van der Waals surface area contributed by atoms with Crippen molar-refractivity contribution in [1.29, 1.82) is 5.26 Å². The Labute approximate surface area is 159 Å². The minimum Gasteiger partial charge on any atom is -0.361 e. The standard InChI is InChI=1S/C20H16N6O2/c21-8-11-1-4-15-14(5-11)20-16(10-22-15)24-18(25-20)7-19(27)23-9-13-6-17(28-26-13)12-2-3-12/h1,4-6,10,12H,2-3,7,9H2,(H,23,27)(H,24,25). The van der Waals surface area contributed by atoms with Gasteiger partial charge in [-0.15, -0.1) is 0 Å². The van der Waals surface area contributed by atoms with Gasteiger partial charge in [0.2, 0.25) is 5.91 Å². The van der Waals surface area contributed by atoms with Crippen LogP contribution in [0.4, 0.5) is 0 Å². The number of fused-ring (bicyclic) bond motifs is 3. The molecule has 2 N–H and O–H groups in total. The van der Waals surface area contributed by atoms with Crippen LogP contribution in [0.15, 0.2) is 35.0 Å². The van der Waals surface area contributed by atoms with Gasteiger partial charge >= 0.3 is 0 Å². The summed E-state index contributed by atoms with van der Waals surface area (Å²) in [5, 5.41) is 16.7. The number of nitrogens with zero attached hydrogens (tertiary/aromatic N) is 4. The molecule has 138 valence electrons. The van der Waals surface area contributed by atoms with Crippen LogP contribution in [0.25, 0.3) is 21.9 Å². The number of hydrogen-bond acceptors (Lipinski definition) is 6. The fourth-order valence-electron chi connectivity index (χ4n) is 3.24. The first-order valence-corrected chi connectivity index (χ1v) is 9.09. The number of nitriles is 1. The summed E-state index contributed by atoms with van der Waals surface area (Å²) in [5.41, 5.74) is 3.46. The maximum Gasteiger partial charge on any atom is 0.227 e. The third-order valence-electron chi connectivity index (χ3n) is 4.85. The number of amides is 1. The van der Waals surface area contributed by atoms with Crippen molar-refractivity contribution in [2.45, 2.75) is 31.7 Å². The monoisotopic (exact) mass is 372 g/mol. The zero-order valence-corrected chi connectivity index (χ0v) is 14.9. The van der Waals surface area contributed by atoms with Crippen molar-refractivity contribution in [2.75, 3.05) is 0 Å². The second-order valence-electron chi connectivity index (χ2n) is 7.00. The molecule has 1 fully saturated rings. The molecule has 0 bridgehead atoms. The number of rotatable bonds is 5. The Morgan fingerprint density at radius 2 is 2.25 bits per heavy atom. The SMILES string of the molecule is N#Cc1ccc2ncc3[nH]c(CC(=O)NCc4cc(C5CC5)on4)nc3c2c1. The minimum atomic E-state index is -0.162. The number of pyridine rings is 1. The number of nitrogens with one attached hydrogen (secondary N) is 2. The second kappa shape index (κ2) is 6.46. The first-order valence-electron chi connectivity index (χ1n) is 9.09. The van der Waals surface area contributed by atoms with E-state index in [9.17, 15) is 4.79 Å². The van der Waals surface area contributed by atoms with E-state index >= 15 is 0 Å². The molecule has 0 atom stereocenters. The van der Waals surface area contributed by atoms with Gasteiger partial charge in [-0.1, -0.05) is 5.16 Å². The molecular weight excluding hydrogens is 356 g/mol. The molecule has 4 aromatic rings. The summed E-state index contributed by atoms with van der Waals surface area (Å²) in [7, 11) is 0. The van der Waals surface area contributed by atoms with E-state index in [1.54, 1.807) is 24.4 Å². The Bertz CT molecular complexity index is 1240. The Morgan fingerprint density at radius 1 is 1.36 bits per heavy atom. The highest BCUT2D eigenvalue weighted by Crippen LogP contribution is 2.40. The molecule has 1 aromatic carbocycles. The van der Waals surface area contributed by atoms with Gasteiger partial charge in [-0.25, -0.2) is 4.98 Å². The van der Waals surface area contributed by atoms with E-state index in [4.69, 9.17) is 9.78 Å². The molecular formula is C20H16N6O2. The van der Waals surface area contributed by atoms with Gasteiger partial charge in [-0.3, -0.25) is 9.78 Å². The first kappa shape index (κ1) is 16.4. The number of hydrogen-bond donors (Lipinski definition) is 2. The van der Waals surface area contributed by atoms with Crippen LogP contribution < -0.4 is 5.32 Å². The van der Waals surface area contributed by atoms with E-state index in [2.05, 4.69) is 31.5 Å². The van der Waals surface area contributed by atoms with Crippen LogP contribution in [0.5, 0.6) is 0 Å². The number of benzene rings is 1. The minimum absolute atomic E-state index is 0.113. The van der Waals surface area contributed by atoms with Gasteiger partial charge in [0.05, 0.1) is 47.3 Å². The van der Waals surface area contributed by atoms with Crippen molar-refractivity contribution in [1.82, 2.24) is 25.4 Å². The topological polar surface area (TPSA) is 120 Å². The summed E-state index contributed by atoms with van der Waals surface area (Å²) < 4.78 is 5.29. The Kier molecular flexibility index (Phi) is 3.79. The summed E-state index contributed by atoms with van der Waals surface area (Å²) in [6.45, 7) is 0.325. The molecule has 28 heavy (non-hydrogen) atoms. The fourth-order valence-corrected chi connectivity index (χ4v) is 3.24. The van der Waals surface area contributed by atoms with Gasteiger partial charge in [0.15, 0.2) is 0 Å². The van der Waals surface area contributed by atoms with E-state index in [0.717, 1.165) is 40.7 Å². The zero-order valence-electron chi connectivity index (χ0n) is 14.9. The highest BCUT2D eigenvalue weighted by molar-refractivity contribution is 6.02. The van der Waals surface area contributed by atoms with E-state index < -0.39 is 0 Å². The molecule has 0 saturated heterocycles. The quantitative estimate of drug-likeness (QED) is 0.556. The molecule has 1 aliphatic rings. The lowest BCUT2D eigenvalue weighted by Gasteiger charge is -2.00. The van der Waals surface area contributed by atoms with Crippen molar-refractivity contribution in [2.24, 2.45) is 0 Å². The molecule has 8 heteroatoms. The van der Waals surface area contributed by atoms with Gasteiger partial charge in [0.1, 0.15) is 17.3 Å². The molecule has 3 heterocycles. The van der Waals surface area contributed by atoms with Crippen molar-refractivity contribution in [3.63, 3.8) is 0 Å². The molecule has 3 aromatic heterocycles. The molecule has 5 rings (SSSR count). The maximum atomic E-state index is 12.3. The van der Waals surface area contributed by atoms with Crippen LogP contribution in [-0.4, -0.2) is 26.0 Å². The smallest absolute Gasteiger partial charge is 0.227 e. The summed E-state index contributed by atoms with van der Waals surface area (Å²) >= 11 is 0. The average molecular weight is 372 g/mol. The summed E-state index contributed by atoms with van der Waals surface area (Å²) in [6.07, 6.45) is 4.09. The van der Waals surface area contributed by atoms with E-state index in [-0.39, 0.29) is 12.3 Å². The lowest BCUT2D eigenvalue weighted by atomic mass is 10.1. The number of H-pyrrole nitrogens is 1. The van der Waals surface area contributed by atoms with Crippen LogP contribution in [0.3, 0.4) is 0 Å². The van der Waals surface area contributed by atoms with E-state index in [1.165, 1.54) is 0 Å². The molecule has 1 aliphatic carbocycles. The third kappa shape index (κ3) is 3.07. The van der Waals surface area contributed by atoms with Crippen LogP contribution in [0.2, 0.25) is 0 Å². The van der Waals surface area contributed by atoms with Gasteiger partial charge < -0.3 is 14.8 Å². The molecule has 8 nitrogen and oxygen atoms in total. The number of imidazole rings is 1. The van der Waals surface area contributed by atoms with Crippen molar-refractivity contribution in [3.8, 4) is 6.07 Å². The van der Waals surface area contributed by atoms with Gasteiger partial charge in [-0.05, 0) is 31.0 Å². The van der Waals surface area contributed by atoms with Crippen LogP contribution in [-0.2, 0) is 17.8 Å². The number of aromatic amines is 1. The number of aromatic nitrogens is 4. The Balaban J connectivity index is 1.32. The first-order chi connectivity index (χ1) is 13.7. The van der Waals surface area contributed by atoms with Crippen molar-refractivity contribution >= 4 is 27.8 Å². The largest absolute Gasteiger partial charge is 0.361 e. The van der Waals surface area contributed by atoms with Crippen LogP contribution >= 0.6 is 0 Å². The third-order valence-corrected chi connectivity index (χ3v) is 4.85.